The number of halogens is 1. The zero-order valence-electron chi connectivity index (χ0n) is 8.47. The van der Waals surface area contributed by atoms with Gasteiger partial charge in [0.1, 0.15) is 12.4 Å². The van der Waals surface area contributed by atoms with E-state index in [9.17, 15) is 5.21 Å². The molecular weight excluding hydrogens is 226 g/mol. The van der Waals surface area contributed by atoms with E-state index in [1.165, 1.54) is 12.4 Å². The molecule has 0 aliphatic carbocycles. The van der Waals surface area contributed by atoms with Crippen molar-refractivity contribution in [3.05, 3.63) is 64.6 Å². The third kappa shape index (κ3) is 2.87. The van der Waals surface area contributed by atoms with Crippen LogP contribution >= 0.6 is 11.6 Å². The molecule has 82 valence electrons. The van der Waals surface area contributed by atoms with Gasteiger partial charge >= 0.3 is 0 Å². The van der Waals surface area contributed by atoms with E-state index in [2.05, 4.69) is 0 Å². The fourth-order valence-corrected chi connectivity index (χ4v) is 1.50. The molecule has 0 spiro atoms. The lowest BCUT2D eigenvalue weighted by atomic mass is 10.2. The van der Waals surface area contributed by atoms with Crippen LogP contribution in [0.3, 0.4) is 0 Å². The Morgan fingerprint density at radius 2 is 1.94 bits per heavy atom. The number of aromatic nitrogens is 1. The Labute approximate surface area is 98.4 Å². The molecule has 0 fully saturated rings. The zero-order valence-corrected chi connectivity index (χ0v) is 9.22. The number of benzene rings is 1. The second-order valence-electron chi connectivity index (χ2n) is 3.31. The van der Waals surface area contributed by atoms with Gasteiger partial charge in [-0.15, -0.1) is 0 Å². The molecule has 16 heavy (non-hydrogen) atoms. The SMILES string of the molecule is [O-][n+]1ccc(OCc2cccc(Cl)c2)cc1. The van der Waals surface area contributed by atoms with Crippen LogP contribution in [0, 0.1) is 5.21 Å². The summed E-state index contributed by atoms with van der Waals surface area (Å²) in [5.41, 5.74) is 0.992. The first-order valence-corrected chi connectivity index (χ1v) is 5.18. The van der Waals surface area contributed by atoms with Crippen LogP contribution in [0.15, 0.2) is 48.8 Å². The summed E-state index contributed by atoms with van der Waals surface area (Å²) < 4.78 is 6.21. The first-order chi connectivity index (χ1) is 7.74. The first kappa shape index (κ1) is 10.8. The standard InChI is InChI=1S/C12H10ClNO2/c13-11-3-1-2-10(8-11)9-16-12-4-6-14(15)7-5-12/h1-8H,9H2. The van der Waals surface area contributed by atoms with Crippen LogP contribution in [0.4, 0.5) is 0 Å². The molecule has 2 aromatic rings. The van der Waals surface area contributed by atoms with Crippen molar-refractivity contribution < 1.29 is 9.47 Å². The highest BCUT2D eigenvalue weighted by molar-refractivity contribution is 6.30. The van der Waals surface area contributed by atoms with E-state index in [1.54, 1.807) is 12.1 Å². The fraction of sp³-hybridized carbons (Fsp3) is 0.0833. The number of hydrogen-bond acceptors (Lipinski definition) is 2. The summed E-state index contributed by atoms with van der Waals surface area (Å²) in [7, 11) is 0. The first-order valence-electron chi connectivity index (χ1n) is 4.80. The van der Waals surface area contributed by atoms with Gasteiger partial charge < -0.3 is 9.94 Å². The predicted octanol–water partition coefficient (Wildman–Crippen LogP) is 2.55. The van der Waals surface area contributed by atoms with E-state index in [0.29, 0.717) is 22.1 Å². The topological polar surface area (TPSA) is 36.2 Å². The fourth-order valence-electron chi connectivity index (χ4n) is 1.29. The molecule has 0 saturated carbocycles. The van der Waals surface area contributed by atoms with Gasteiger partial charge in [-0.1, -0.05) is 23.7 Å². The average molecular weight is 236 g/mol. The number of ether oxygens (including phenoxy) is 1. The van der Waals surface area contributed by atoms with Crippen LogP contribution in [-0.2, 0) is 6.61 Å². The minimum absolute atomic E-state index is 0.434. The van der Waals surface area contributed by atoms with Gasteiger partial charge in [0, 0.05) is 17.2 Å². The van der Waals surface area contributed by atoms with Crippen molar-refractivity contribution in [3.63, 3.8) is 0 Å². The molecule has 0 amide bonds. The van der Waals surface area contributed by atoms with Gasteiger partial charge in [-0.3, -0.25) is 0 Å². The molecule has 0 radical (unpaired) electrons. The number of pyridine rings is 1. The van der Waals surface area contributed by atoms with Crippen molar-refractivity contribution in [2.24, 2.45) is 0 Å². The molecule has 3 nitrogen and oxygen atoms in total. The summed E-state index contributed by atoms with van der Waals surface area (Å²) in [6.07, 6.45) is 2.79. The van der Waals surface area contributed by atoms with E-state index in [4.69, 9.17) is 16.3 Å². The van der Waals surface area contributed by atoms with Crippen LogP contribution in [0.5, 0.6) is 5.75 Å². The minimum Gasteiger partial charge on any atom is -0.619 e. The second-order valence-corrected chi connectivity index (χ2v) is 3.75. The maximum atomic E-state index is 10.8. The highest BCUT2D eigenvalue weighted by atomic mass is 35.5. The third-order valence-corrected chi connectivity index (χ3v) is 2.30. The largest absolute Gasteiger partial charge is 0.619 e. The lowest BCUT2D eigenvalue weighted by molar-refractivity contribution is -0.605. The molecule has 1 aromatic carbocycles. The number of hydrogen-bond donors (Lipinski definition) is 0. The van der Waals surface area contributed by atoms with E-state index >= 15 is 0 Å². The molecular formula is C12H10ClNO2. The molecule has 0 aliphatic heterocycles. The molecule has 0 aliphatic rings. The van der Waals surface area contributed by atoms with E-state index in [0.717, 1.165) is 5.56 Å². The Kier molecular flexibility index (Phi) is 3.27. The van der Waals surface area contributed by atoms with Crippen molar-refractivity contribution in [1.29, 1.82) is 0 Å². The Hall–Kier alpha value is -1.74. The number of nitrogens with zero attached hydrogens (tertiary/aromatic N) is 1. The van der Waals surface area contributed by atoms with E-state index < -0.39 is 0 Å². The van der Waals surface area contributed by atoms with Crippen LogP contribution in [0.2, 0.25) is 5.02 Å². The molecule has 0 saturated heterocycles. The predicted molar refractivity (Wildman–Crippen MR) is 61.2 cm³/mol. The second kappa shape index (κ2) is 4.86. The van der Waals surface area contributed by atoms with E-state index in [1.807, 2.05) is 24.3 Å². The van der Waals surface area contributed by atoms with Gasteiger partial charge in [0.05, 0.1) is 0 Å². The Morgan fingerprint density at radius 1 is 1.19 bits per heavy atom. The summed E-state index contributed by atoms with van der Waals surface area (Å²) in [5, 5.41) is 11.5. The third-order valence-electron chi connectivity index (χ3n) is 2.07. The summed E-state index contributed by atoms with van der Waals surface area (Å²) in [6, 6.07) is 10.7. The summed E-state index contributed by atoms with van der Waals surface area (Å²) >= 11 is 5.85. The Morgan fingerprint density at radius 3 is 2.62 bits per heavy atom. The molecule has 2 rings (SSSR count). The van der Waals surface area contributed by atoms with Crippen LogP contribution in [-0.4, -0.2) is 0 Å². The van der Waals surface area contributed by atoms with Crippen molar-refractivity contribution in [3.8, 4) is 5.75 Å². The molecule has 0 bridgehead atoms. The van der Waals surface area contributed by atoms with E-state index in [-0.39, 0.29) is 0 Å². The Balaban J connectivity index is 1.99. The zero-order chi connectivity index (χ0) is 11.4. The highest BCUT2D eigenvalue weighted by Gasteiger charge is 1.98. The monoisotopic (exact) mass is 235 g/mol. The highest BCUT2D eigenvalue weighted by Crippen LogP contribution is 2.13. The van der Waals surface area contributed by atoms with Gasteiger partial charge in [-0.2, -0.15) is 4.73 Å². The molecule has 0 atom stereocenters. The summed E-state index contributed by atoms with van der Waals surface area (Å²) in [6.45, 7) is 0.434. The van der Waals surface area contributed by atoms with Crippen molar-refractivity contribution >= 4 is 11.6 Å². The number of rotatable bonds is 3. The molecule has 1 heterocycles. The van der Waals surface area contributed by atoms with Gasteiger partial charge in [-0.05, 0) is 17.7 Å². The molecule has 1 aromatic heterocycles. The average Bonchev–Trinajstić information content (AvgIpc) is 2.28. The lowest BCUT2D eigenvalue weighted by Gasteiger charge is -2.05. The van der Waals surface area contributed by atoms with Crippen LogP contribution < -0.4 is 9.47 Å². The summed E-state index contributed by atoms with van der Waals surface area (Å²) in [5.74, 6) is 0.659. The smallest absolute Gasteiger partial charge is 0.184 e. The summed E-state index contributed by atoms with van der Waals surface area (Å²) in [4.78, 5) is 0. The van der Waals surface area contributed by atoms with Crippen molar-refractivity contribution in [1.82, 2.24) is 0 Å². The van der Waals surface area contributed by atoms with Gasteiger partial charge in [0.2, 0.25) is 0 Å². The Bertz CT molecular complexity index is 471. The quantitative estimate of drug-likeness (QED) is 0.606. The van der Waals surface area contributed by atoms with Crippen LogP contribution in [0.1, 0.15) is 5.56 Å². The van der Waals surface area contributed by atoms with Crippen molar-refractivity contribution in [2.45, 2.75) is 6.61 Å². The minimum atomic E-state index is 0.434. The molecule has 4 heteroatoms. The molecule has 0 unspecified atom stereocenters. The molecule has 0 N–H and O–H groups in total. The maximum Gasteiger partial charge on any atom is 0.184 e. The van der Waals surface area contributed by atoms with Crippen molar-refractivity contribution in [2.75, 3.05) is 0 Å². The lowest BCUT2D eigenvalue weighted by Crippen LogP contribution is -2.23. The van der Waals surface area contributed by atoms with Gasteiger partial charge in [0.25, 0.3) is 0 Å². The normalized spacial score (nSPS) is 10.1. The van der Waals surface area contributed by atoms with Gasteiger partial charge in [-0.25, -0.2) is 0 Å². The van der Waals surface area contributed by atoms with Gasteiger partial charge in [0.15, 0.2) is 12.4 Å². The van der Waals surface area contributed by atoms with Crippen LogP contribution in [0.25, 0.3) is 0 Å². The maximum absolute atomic E-state index is 10.8.